The van der Waals surface area contributed by atoms with E-state index in [0.717, 1.165) is 31.4 Å². The summed E-state index contributed by atoms with van der Waals surface area (Å²) in [7, 11) is 1.65. The lowest BCUT2D eigenvalue weighted by Crippen LogP contribution is -2.29. The molecule has 100 valence electrons. The Balaban J connectivity index is 2.15. The molecule has 0 radical (unpaired) electrons. The second kappa shape index (κ2) is 7.71. The molecule has 0 amide bonds. The van der Waals surface area contributed by atoms with Crippen LogP contribution in [-0.4, -0.2) is 24.2 Å². The average Bonchev–Trinajstić information content (AvgIpc) is 2.38. The van der Waals surface area contributed by atoms with Crippen molar-refractivity contribution < 1.29 is 14.6 Å². The number of aryl methyl sites for hydroxylation is 1. The molecule has 0 aromatic heterocycles. The fraction of sp³-hybridized carbons (Fsp3) is 0.500. The molecule has 0 fully saturated rings. The maximum absolute atomic E-state index is 10.5. The maximum Gasteiger partial charge on any atom is 0.320 e. The molecule has 1 atom stereocenters. The van der Waals surface area contributed by atoms with Crippen LogP contribution in [0.25, 0.3) is 0 Å². The Labute approximate surface area is 108 Å². The van der Waals surface area contributed by atoms with Gasteiger partial charge in [0, 0.05) is 0 Å². The molecule has 0 heterocycles. The van der Waals surface area contributed by atoms with E-state index in [1.807, 2.05) is 12.1 Å². The van der Waals surface area contributed by atoms with Crippen LogP contribution in [0, 0.1) is 0 Å². The Bertz CT molecular complexity index is 362. The van der Waals surface area contributed by atoms with Gasteiger partial charge < -0.3 is 15.6 Å². The molecule has 3 N–H and O–H groups in total. The second-order valence-electron chi connectivity index (χ2n) is 4.39. The molecule has 0 saturated carbocycles. The summed E-state index contributed by atoms with van der Waals surface area (Å²) in [4.78, 5) is 10.5. The third kappa shape index (κ3) is 5.19. The molecule has 0 aliphatic carbocycles. The van der Waals surface area contributed by atoms with Crippen LogP contribution in [0.4, 0.5) is 0 Å². The molecule has 1 aromatic rings. The van der Waals surface area contributed by atoms with Crippen molar-refractivity contribution in [3.8, 4) is 5.75 Å². The zero-order valence-electron chi connectivity index (χ0n) is 10.8. The van der Waals surface area contributed by atoms with Gasteiger partial charge in [-0.05, 0) is 37.0 Å². The number of carboxylic acid groups (broad SMARTS) is 1. The highest BCUT2D eigenvalue weighted by Crippen LogP contribution is 2.14. The van der Waals surface area contributed by atoms with Crippen LogP contribution in [0.2, 0.25) is 0 Å². The molecular weight excluding hydrogens is 230 g/mol. The summed E-state index contributed by atoms with van der Waals surface area (Å²) in [6.07, 6.45) is 4.49. The van der Waals surface area contributed by atoms with E-state index >= 15 is 0 Å². The van der Waals surface area contributed by atoms with E-state index in [1.165, 1.54) is 5.56 Å². The Morgan fingerprint density at radius 3 is 2.50 bits per heavy atom. The number of aliphatic carboxylic acids is 1. The highest BCUT2D eigenvalue weighted by atomic mass is 16.5. The first kappa shape index (κ1) is 14.5. The van der Waals surface area contributed by atoms with E-state index in [2.05, 4.69) is 12.1 Å². The fourth-order valence-electron chi connectivity index (χ4n) is 1.79. The smallest absolute Gasteiger partial charge is 0.320 e. The molecule has 18 heavy (non-hydrogen) atoms. The van der Waals surface area contributed by atoms with Crippen LogP contribution in [0.3, 0.4) is 0 Å². The van der Waals surface area contributed by atoms with Crippen LogP contribution in [-0.2, 0) is 11.2 Å². The van der Waals surface area contributed by atoms with E-state index < -0.39 is 12.0 Å². The summed E-state index contributed by atoms with van der Waals surface area (Å²) < 4.78 is 5.09. The van der Waals surface area contributed by atoms with Gasteiger partial charge in [-0.1, -0.05) is 25.0 Å². The van der Waals surface area contributed by atoms with Crippen molar-refractivity contribution in [1.82, 2.24) is 0 Å². The summed E-state index contributed by atoms with van der Waals surface area (Å²) in [6, 6.07) is 7.31. The molecule has 0 bridgehead atoms. The van der Waals surface area contributed by atoms with Crippen LogP contribution < -0.4 is 10.5 Å². The van der Waals surface area contributed by atoms with E-state index in [1.54, 1.807) is 7.11 Å². The first-order valence-corrected chi connectivity index (χ1v) is 6.25. The quantitative estimate of drug-likeness (QED) is 0.695. The van der Waals surface area contributed by atoms with Gasteiger partial charge >= 0.3 is 5.97 Å². The molecule has 1 rings (SSSR count). The van der Waals surface area contributed by atoms with Crippen molar-refractivity contribution >= 4 is 5.97 Å². The molecular formula is C14H21NO3. The number of rotatable bonds is 8. The van der Waals surface area contributed by atoms with E-state index in [-0.39, 0.29) is 0 Å². The monoisotopic (exact) mass is 251 g/mol. The summed E-state index contributed by atoms with van der Waals surface area (Å²) in [5, 5.41) is 8.63. The Morgan fingerprint density at radius 1 is 1.28 bits per heavy atom. The third-order valence-corrected chi connectivity index (χ3v) is 2.96. The number of hydrogen-bond donors (Lipinski definition) is 2. The second-order valence-corrected chi connectivity index (χ2v) is 4.39. The number of nitrogens with two attached hydrogens (primary N) is 1. The molecule has 4 nitrogen and oxygen atoms in total. The largest absolute Gasteiger partial charge is 0.497 e. The number of methoxy groups -OCH3 is 1. The van der Waals surface area contributed by atoms with Gasteiger partial charge in [-0.25, -0.2) is 0 Å². The highest BCUT2D eigenvalue weighted by molar-refractivity contribution is 5.72. The van der Waals surface area contributed by atoms with Gasteiger partial charge in [0.25, 0.3) is 0 Å². The fourth-order valence-corrected chi connectivity index (χ4v) is 1.79. The van der Waals surface area contributed by atoms with Gasteiger partial charge in [0.05, 0.1) is 7.11 Å². The highest BCUT2D eigenvalue weighted by Gasteiger charge is 2.09. The Morgan fingerprint density at radius 2 is 1.94 bits per heavy atom. The van der Waals surface area contributed by atoms with Gasteiger partial charge in [-0.2, -0.15) is 0 Å². The van der Waals surface area contributed by atoms with Gasteiger partial charge in [0.15, 0.2) is 0 Å². The molecule has 0 spiro atoms. The van der Waals surface area contributed by atoms with Crippen LogP contribution in [0.1, 0.15) is 31.2 Å². The zero-order valence-corrected chi connectivity index (χ0v) is 10.8. The lowest BCUT2D eigenvalue weighted by molar-refractivity contribution is -0.138. The Kier molecular flexibility index (Phi) is 6.22. The van der Waals surface area contributed by atoms with Crippen molar-refractivity contribution in [2.45, 2.75) is 38.1 Å². The number of carbonyl (C=O) groups is 1. The van der Waals surface area contributed by atoms with E-state index in [4.69, 9.17) is 15.6 Å². The number of unbranched alkanes of at least 4 members (excludes halogenated alkanes) is 2. The molecule has 0 saturated heterocycles. The zero-order chi connectivity index (χ0) is 13.4. The maximum atomic E-state index is 10.5. The number of ether oxygens (including phenoxy) is 1. The lowest BCUT2D eigenvalue weighted by Gasteiger charge is -2.06. The minimum Gasteiger partial charge on any atom is -0.497 e. The minimum atomic E-state index is -0.912. The number of carboxylic acids is 1. The van der Waals surface area contributed by atoms with Crippen LogP contribution in [0.15, 0.2) is 24.3 Å². The normalized spacial score (nSPS) is 12.1. The molecule has 1 unspecified atom stereocenters. The van der Waals surface area contributed by atoms with E-state index in [9.17, 15) is 4.79 Å². The molecule has 1 aromatic carbocycles. The summed E-state index contributed by atoms with van der Waals surface area (Å²) in [5.74, 6) is -0.0451. The molecule has 4 heteroatoms. The molecule has 0 aliphatic heterocycles. The first-order chi connectivity index (χ1) is 8.63. The number of benzene rings is 1. The van der Waals surface area contributed by atoms with Crippen molar-refractivity contribution in [3.63, 3.8) is 0 Å². The van der Waals surface area contributed by atoms with E-state index in [0.29, 0.717) is 6.42 Å². The predicted molar refractivity (Wildman–Crippen MR) is 70.8 cm³/mol. The number of hydrogen-bond acceptors (Lipinski definition) is 3. The van der Waals surface area contributed by atoms with Crippen molar-refractivity contribution in [2.24, 2.45) is 5.73 Å². The molecule has 0 aliphatic rings. The van der Waals surface area contributed by atoms with Gasteiger partial charge in [-0.3, -0.25) is 4.79 Å². The standard InChI is InChI=1S/C14H21NO3/c1-18-12-9-7-11(8-10-12)5-3-2-4-6-13(15)14(16)17/h7-10,13H,2-6,15H2,1H3,(H,16,17). The average molecular weight is 251 g/mol. The predicted octanol–water partition coefficient (Wildman–Crippen LogP) is 2.21. The van der Waals surface area contributed by atoms with Gasteiger partial charge in [0.1, 0.15) is 11.8 Å². The van der Waals surface area contributed by atoms with Crippen molar-refractivity contribution in [1.29, 1.82) is 0 Å². The summed E-state index contributed by atoms with van der Waals surface area (Å²) >= 11 is 0. The lowest BCUT2D eigenvalue weighted by atomic mass is 10.0. The van der Waals surface area contributed by atoms with Crippen LogP contribution >= 0.6 is 0 Å². The Hall–Kier alpha value is -1.55. The van der Waals surface area contributed by atoms with Crippen molar-refractivity contribution in [3.05, 3.63) is 29.8 Å². The van der Waals surface area contributed by atoms with Gasteiger partial charge in [-0.15, -0.1) is 0 Å². The summed E-state index contributed by atoms with van der Waals surface area (Å²) in [5.41, 5.74) is 6.70. The summed E-state index contributed by atoms with van der Waals surface area (Å²) in [6.45, 7) is 0. The minimum absolute atomic E-state index is 0.554. The van der Waals surface area contributed by atoms with Crippen molar-refractivity contribution in [2.75, 3.05) is 7.11 Å². The topological polar surface area (TPSA) is 72.5 Å². The third-order valence-electron chi connectivity index (χ3n) is 2.96. The van der Waals surface area contributed by atoms with Gasteiger partial charge in [0.2, 0.25) is 0 Å². The van der Waals surface area contributed by atoms with Crippen LogP contribution in [0.5, 0.6) is 5.75 Å². The first-order valence-electron chi connectivity index (χ1n) is 6.25. The SMILES string of the molecule is COc1ccc(CCCCCC(N)C(=O)O)cc1.